The molecule has 1 aromatic rings. The van der Waals surface area contributed by atoms with E-state index in [1.165, 1.54) is 4.90 Å². The lowest BCUT2D eigenvalue weighted by Crippen LogP contribution is -2.31. The van der Waals surface area contributed by atoms with Crippen molar-refractivity contribution in [2.24, 2.45) is 0 Å². The third-order valence-electron chi connectivity index (χ3n) is 3.15. The summed E-state index contributed by atoms with van der Waals surface area (Å²) in [6.45, 7) is 1.98. The molecule has 0 atom stereocenters. The van der Waals surface area contributed by atoms with Gasteiger partial charge in [-0.3, -0.25) is 4.79 Å². The zero-order valence-electron chi connectivity index (χ0n) is 10.9. The summed E-state index contributed by atoms with van der Waals surface area (Å²) in [6, 6.07) is 7.05. The van der Waals surface area contributed by atoms with Crippen LogP contribution in [0.15, 0.2) is 35.5 Å². The average molecular weight is 259 g/mol. The third kappa shape index (κ3) is 2.45. The van der Waals surface area contributed by atoms with Gasteiger partial charge in [-0.05, 0) is 24.1 Å². The molecule has 0 saturated carbocycles. The number of carbonyl (C=O) groups excluding carboxylic acids is 2. The number of nitrogens with zero attached hydrogens (tertiary/aromatic N) is 1. The van der Waals surface area contributed by atoms with Gasteiger partial charge in [0.25, 0.3) is 5.91 Å². The maximum atomic E-state index is 12.2. The second-order valence-electron chi connectivity index (χ2n) is 4.43. The largest absolute Gasteiger partial charge is 0.545 e. The molecule has 1 aliphatic heterocycles. The molecular weight excluding hydrogens is 244 g/mol. The molecule has 0 saturated heterocycles. The molecule has 19 heavy (non-hydrogen) atoms. The van der Waals surface area contributed by atoms with Crippen LogP contribution in [0.3, 0.4) is 0 Å². The Morgan fingerprint density at radius 2 is 2.11 bits per heavy atom. The highest BCUT2D eigenvalue weighted by atomic mass is 16.4. The molecule has 0 unspecified atom stereocenters. The van der Waals surface area contributed by atoms with Crippen molar-refractivity contribution in [1.29, 1.82) is 0 Å². The van der Waals surface area contributed by atoms with E-state index in [9.17, 15) is 14.7 Å². The smallest absolute Gasteiger partial charge is 0.256 e. The highest BCUT2D eigenvalue weighted by Crippen LogP contribution is 2.24. The first-order valence-corrected chi connectivity index (χ1v) is 6.09. The highest BCUT2D eigenvalue weighted by Gasteiger charge is 2.22. The molecular formula is C14H15N2O3-. The lowest BCUT2D eigenvalue weighted by Gasteiger charge is -2.18. The molecule has 0 aromatic heterocycles. The number of carboxylic acids is 1. The first kappa shape index (κ1) is 13.1. The Bertz CT molecular complexity index is 564. The summed E-state index contributed by atoms with van der Waals surface area (Å²) < 4.78 is 0. The fourth-order valence-electron chi connectivity index (χ4n) is 2.15. The van der Waals surface area contributed by atoms with Crippen LogP contribution in [0.2, 0.25) is 0 Å². The van der Waals surface area contributed by atoms with E-state index in [0.717, 1.165) is 0 Å². The number of carbonyl (C=O) groups is 2. The number of fused-ring (bicyclic) bond motifs is 1. The van der Waals surface area contributed by atoms with Crippen molar-refractivity contribution in [1.82, 2.24) is 4.90 Å². The fourth-order valence-corrected chi connectivity index (χ4v) is 2.15. The van der Waals surface area contributed by atoms with Gasteiger partial charge in [-0.1, -0.05) is 19.1 Å². The van der Waals surface area contributed by atoms with Gasteiger partial charge in [-0.25, -0.2) is 0 Å². The lowest BCUT2D eigenvalue weighted by molar-refractivity contribution is -0.299. The van der Waals surface area contributed by atoms with Gasteiger partial charge in [-0.2, -0.15) is 0 Å². The number of hydrogen-bond donors (Lipinski definition) is 1. The number of para-hydroxylation sites is 1. The number of rotatable bonds is 2. The van der Waals surface area contributed by atoms with E-state index in [4.69, 9.17) is 0 Å². The molecule has 1 heterocycles. The fraction of sp³-hybridized carbons (Fsp3) is 0.286. The first-order chi connectivity index (χ1) is 9.04. The lowest BCUT2D eigenvalue weighted by atomic mass is 10.1. The third-order valence-corrected chi connectivity index (χ3v) is 3.15. The summed E-state index contributed by atoms with van der Waals surface area (Å²) in [6.07, 6.45) is 0.342. The number of nitrogens with one attached hydrogen (secondary N) is 1. The monoisotopic (exact) mass is 259 g/mol. The first-order valence-electron chi connectivity index (χ1n) is 6.09. The van der Waals surface area contributed by atoms with Crippen molar-refractivity contribution in [3.8, 4) is 0 Å². The van der Waals surface area contributed by atoms with Gasteiger partial charge in [-0.15, -0.1) is 0 Å². The van der Waals surface area contributed by atoms with Crippen molar-refractivity contribution >= 4 is 17.6 Å². The Hall–Kier alpha value is -2.30. The van der Waals surface area contributed by atoms with Gasteiger partial charge in [0.2, 0.25) is 0 Å². The second-order valence-corrected chi connectivity index (χ2v) is 4.43. The van der Waals surface area contributed by atoms with Crippen LogP contribution < -0.4 is 10.4 Å². The average Bonchev–Trinajstić information content (AvgIpc) is 2.49. The topological polar surface area (TPSA) is 72.5 Å². The van der Waals surface area contributed by atoms with E-state index in [-0.39, 0.29) is 18.0 Å². The Labute approximate surface area is 111 Å². The summed E-state index contributed by atoms with van der Waals surface area (Å²) in [5, 5.41) is 14.2. The number of benzene rings is 1. The van der Waals surface area contributed by atoms with Crippen LogP contribution in [0.4, 0.5) is 5.69 Å². The van der Waals surface area contributed by atoms with E-state index in [2.05, 4.69) is 5.32 Å². The maximum absolute atomic E-state index is 12.2. The molecule has 0 bridgehead atoms. The number of likely N-dealkylation sites (N-methyl/N-ethyl adjacent to an activating group) is 1. The zero-order valence-corrected chi connectivity index (χ0v) is 10.9. The van der Waals surface area contributed by atoms with Crippen molar-refractivity contribution in [2.75, 3.05) is 18.9 Å². The molecule has 5 heteroatoms. The predicted molar refractivity (Wildman–Crippen MR) is 69.3 cm³/mol. The Morgan fingerprint density at radius 3 is 2.74 bits per heavy atom. The van der Waals surface area contributed by atoms with Gasteiger partial charge >= 0.3 is 0 Å². The van der Waals surface area contributed by atoms with Gasteiger partial charge < -0.3 is 20.1 Å². The summed E-state index contributed by atoms with van der Waals surface area (Å²) >= 11 is 0. The molecule has 1 aromatic carbocycles. The molecule has 1 N–H and O–H groups in total. The van der Waals surface area contributed by atoms with Gasteiger partial charge in [0.1, 0.15) is 0 Å². The van der Waals surface area contributed by atoms with E-state index in [1.54, 1.807) is 38.2 Å². The van der Waals surface area contributed by atoms with Crippen LogP contribution in [0.1, 0.15) is 23.7 Å². The number of aliphatic carboxylic acids is 1. The van der Waals surface area contributed by atoms with Crippen molar-refractivity contribution in [2.45, 2.75) is 13.3 Å². The minimum Gasteiger partial charge on any atom is -0.545 e. The molecule has 0 radical (unpaired) electrons. The van der Waals surface area contributed by atoms with E-state index >= 15 is 0 Å². The van der Waals surface area contributed by atoms with E-state index < -0.39 is 5.97 Å². The van der Waals surface area contributed by atoms with Crippen molar-refractivity contribution in [3.05, 3.63) is 41.1 Å². The zero-order chi connectivity index (χ0) is 14.0. The molecule has 0 aliphatic carbocycles. The molecule has 1 amide bonds. The van der Waals surface area contributed by atoms with Crippen LogP contribution in [0, 0.1) is 0 Å². The minimum atomic E-state index is -1.20. The SMILES string of the molecule is CC/C(C(=O)[O-])=C1/CN(C)C(=O)c2ccccc2N1. The van der Waals surface area contributed by atoms with Crippen LogP contribution in [0.5, 0.6) is 0 Å². The van der Waals surface area contributed by atoms with Gasteiger partial charge in [0.15, 0.2) is 0 Å². The van der Waals surface area contributed by atoms with Gasteiger partial charge in [0.05, 0.1) is 23.8 Å². The normalized spacial score (nSPS) is 17.4. The molecule has 100 valence electrons. The predicted octanol–water partition coefficient (Wildman–Crippen LogP) is 0.598. The Morgan fingerprint density at radius 1 is 1.42 bits per heavy atom. The Kier molecular flexibility index (Phi) is 3.55. The van der Waals surface area contributed by atoms with Crippen molar-refractivity contribution < 1.29 is 14.7 Å². The highest BCUT2D eigenvalue weighted by molar-refractivity contribution is 6.01. The van der Waals surface area contributed by atoms with E-state index in [0.29, 0.717) is 23.4 Å². The molecule has 2 rings (SSSR count). The summed E-state index contributed by atoms with van der Waals surface area (Å²) in [5.41, 5.74) is 1.85. The van der Waals surface area contributed by atoms with Crippen LogP contribution in [-0.2, 0) is 4.79 Å². The minimum absolute atomic E-state index is 0.132. The van der Waals surface area contributed by atoms with Gasteiger partial charge in [0, 0.05) is 12.7 Å². The molecule has 5 nitrogen and oxygen atoms in total. The number of amides is 1. The molecule has 1 aliphatic rings. The van der Waals surface area contributed by atoms with Crippen LogP contribution in [0.25, 0.3) is 0 Å². The quantitative estimate of drug-likeness (QED) is 0.789. The summed E-state index contributed by atoms with van der Waals surface area (Å²) in [7, 11) is 1.65. The van der Waals surface area contributed by atoms with Crippen molar-refractivity contribution in [3.63, 3.8) is 0 Å². The summed E-state index contributed by atoms with van der Waals surface area (Å²) in [5.74, 6) is -1.34. The molecule has 0 spiro atoms. The Balaban J connectivity index is 2.54. The maximum Gasteiger partial charge on any atom is 0.256 e. The standard InChI is InChI=1S/C14H16N2O3/c1-3-9(14(18)19)12-8-16(2)13(17)10-6-4-5-7-11(10)15-12/h4-7,15H,3,8H2,1-2H3,(H,18,19)/p-1/b12-9+. The number of anilines is 1. The van der Waals surface area contributed by atoms with Crippen LogP contribution >= 0.6 is 0 Å². The van der Waals surface area contributed by atoms with E-state index in [1.807, 2.05) is 0 Å². The molecule has 0 fully saturated rings. The van der Waals surface area contributed by atoms with Crippen LogP contribution in [-0.4, -0.2) is 30.4 Å². The number of hydrogen-bond acceptors (Lipinski definition) is 4. The number of carboxylic acid groups (broad SMARTS) is 1. The summed E-state index contributed by atoms with van der Waals surface area (Å²) in [4.78, 5) is 24.8. The second kappa shape index (κ2) is 5.14.